The molecule has 1 aliphatic rings. The predicted octanol–water partition coefficient (Wildman–Crippen LogP) is 3.22. The first-order chi connectivity index (χ1) is 12.9. The van der Waals surface area contributed by atoms with Crippen LogP contribution < -0.4 is 5.32 Å². The molecule has 1 aliphatic heterocycles. The van der Waals surface area contributed by atoms with Crippen molar-refractivity contribution in [3.63, 3.8) is 0 Å². The van der Waals surface area contributed by atoms with Gasteiger partial charge >= 0.3 is 0 Å². The highest BCUT2D eigenvalue weighted by atomic mass is 19.1. The van der Waals surface area contributed by atoms with Gasteiger partial charge in [-0.25, -0.2) is 4.39 Å². The molecule has 0 aromatic heterocycles. The maximum absolute atomic E-state index is 13.2. The average molecular weight is 371 g/mol. The molecule has 1 heterocycles. The summed E-state index contributed by atoms with van der Waals surface area (Å²) in [4.78, 5) is 36.6. The summed E-state index contributed by atoms with van der Waals surface area (Å²) < 4.78 is 13.2. The Morgan fingerprint density at radius 1 is 1.11 bits per heavy atom. The normalized spacial score (nSPS) is 14.6. The second-order valence-corrected chi connectivity index (χ2v) is 6.37. The lowest BCUT2D eigenvalue weighted by Gasteiger charge is -2.31. The second-order valence-electron chi connectivity index (χ2n) is 6.37. The Labute approximate surface area is 154 Å². The lowest BCUT2D eigenvalue weighted by molar-refractivity contribution is -0.384. The summed E-state index contributed by atoms with van der Waals surface area (Å²) in [5, 5.41) is 13.4. The quantitative estimate of drug-likeness (QED) is 0.660. The number of amides is 2. The third-order valence-electron chi connectivity index (χ3n) is 4.57. The van der Waals surface area contributed by atoms with Gasteiger partial charge in [0, 0.05) is 42.4 Å². The zero-order valence-electron chi connectivity index (χ0n) is 14.4. The number of piperidine rings is 1. The molecular formula is C19H18FN3O4. The van der Waals surface area contributed by atoms with Gasteiger partial charge in [-0.2, -0.15) is 0 Å². The molecule has 0 bridgehead atoms. The van der Waals surface area contributed by atoms with Crippen LogP contribution in [0, 0.1) is 21.8 Å². The van der Waals surface area contributed by atoms with Crippen molar-refractivity contribution in [1.29, 1.82) is 0 Å². The van der Waals surface area contributed by atoms with Gasteiger partial charge in [-0.1, -0.05) is 6.07 Å². The molecule has 1 N–H and O–H groups in total. The minimum atomic E-state index is -0.517. The van der Waals surface area contributed by atoms with Crippen molar-refractivity contribution < 1.29 is 18.9 Å². The van der Waals surface area contributed by atoms with Crippen LogP contribution in [0.1, 0.15) is 23.2 Å². The van der Waals surface area contributed by atoms with Crippen molar-refractivity contribution in [2.75, 3.05) is 18.4 Å². The third kappa shape index (κ3) is 4.46. The second kappa shape index (κ2) is 7.94. The van der Waals surface area contributed by atoms with Gasteiger partial charge in [-0.05, 0) is 43.2 Å². The van der Waals surface area contributed by atoms with Gasteiger partial charge < -0.3 is 10.2 Å². The first kappa shape index (κ1) is 18.5. The minimum Gasteiger partial charge on any atom is -0.339 e. The van der Waals surface area contributed by atoms with Crippen LogP contribution in [0.2, 0.25) is 0 Å². The van der Waals surface area contributed by atoms with Crippen LogP contribution in [-0.2, 0) is 4.79 Å². The summed E-state index contributed by atoms with van der Waals surface area (Å²) in [6.07, 6.45) is 1.000. The maximum Gasteiger partial charge on any atom is 0.269 e. The van der Waals surface area contributed by atoms with Crippen LogP contribution >= 0.6 is 0 Å². The Morgan fingerprint density at radius 2 is 1.78 bits per heavy atom. The van der Waals surface area contributed by atoms with E-state index in [0.29, 0.717) is 37.2 Å². The number of nitrogens with zero attached hydrogens (tertiary/aromatic N) is 2. The SMILES string of the molecule is O=C(Nc1cccc(F)c1)C1CCN(C(=O)c2ccc([N+](=O)[O-])cc2)CC1. The van der Waals surface area contributed by atoms with E-state index >= 15 is 0 Å². The molecule has 0 spiro atoms. The Balaban J connectivity index is 1.55. The first-order valence-corrected chi connectivity index (χ1v) is 8.54. The van der Waals surface area contributed by atoms with Crippen molar-refractivity contribution in [1.82, 2.24) is 4.90 Å². The van der Waals surface area contributed by atoms with Crippen molar-refractivity contribution in [2.45, 2.75) is 12.8 Å². The third-order valence-corrected chi connectivity index (χ3v) is 4.57. The van der Waals surface area contributed by atoms with Crippen LogP contribution in [-0.4, -0.2) is 34.7 Å². The Morgan fingerprint density at radius 3 is 2.37 bits per heavy atom. The number of nitrogens with one attached hydrogen (secondary N) is 1. The van der Waals surface area contributed by atoms with Crippen LogP contribution in [0.4, 0.5) is 15.8 Å². The molecule has 0 aliphatic carbocycles. The molecule has 1 saturated heterocycles. The summed E-state index contributed by atoms with van der Waals surface area (Å²) in [5.41, 5.74) is 0.715. The molecule has 1 fully saturated rings. The molecule has 0 radical (unpaired) electrons. The van der Waals surface area contributed by atoms with Gasteiger partial charge in [0.15, 0.2) is 0 Å². The van der Waals surface area contributed by atoms with Gasteiger partial charge in [-0.15, -0.1) is 0 Å². The maximum atomic E-state index is 13.2. The lowest BCUT2D eigenvalue weighted by Crippen LogP contribution is -2.41. The van der Waals surface area contributed by atoms with Gasteiger partial charge in [-0.3, -0.25) is 19.7 Å². The van der Waals surface area contributed by atoms with E-state index in [4.69, 9.17) is 0 Å². The van der Waals surface area contributed by atoms with Crippen LogP contribution in [0.25, 0.3) is 0 Å². The highest BCUT2D eigenvalue weighted by molar-refractivity contribution is 5.95. The largest absolute Gasteiger partial charge is 0.339 e. The van der Waals surface area contributed by atoms with Gasteiger partial charge in [0.1, 0.15) is 5.82 Å². The molecule has 7 nitrogen and oxygen atoms in total. The van der Waals surface area contributed by atoms with Gasteiger partial charge in [0.2, 0.25) is 5.91 Å². The Kier molecular flexibility index (Phi) is 5.44. The fourth-order valence-corrected chi connectivity index (χ4v) is 3.06. The molecule has 140 valence electrons. The molecule has 2 aromatic rings. The fraction of sp³-hybridized carbons (Fsp3) is 0.263. The number of hydrogen-bond acceptors (Lipinski definition) is 4. The molecule has 27 heavy (non-hydrogen) atoms. The number of non-ortho nitro benzene ring substituents is 1. The fourth-order valence-electron chi connectivity index (χ4n) is 3.06. The van der Waals surface area contributed by atoms with Gasteiger partial charge in [0.05, 0.1) is 4.92 Å². The number of hydrogen-bond donors (Lipinski definition) is 1. The number of rotatable bonds is 4. The summed E-state index contributed by atoms with van der Waals surface area (Å²) in [7, 11) is 0. The molecule has 2 amide bonds. The highest BCUT2D eigenvalue weighted by Crippen LogP contribution is 2.22. The smallest absolute Gasteiger partial charge is 0.269 e. The average Bonchev–Trinajstić information content (AvgIpc) is 2.67. The number of halogens is 1. The topological polar surface area (TPSA) is 92.6 Å². The monoisotopic (exact) mass is 371 g/mol. The van der Waals surface area contributed by atoms with E-state index in [1.165, 1.54) is 42.5 Å². The first-order valence-electron chi connectivity index (χ1n) is 8.54. The number of benzene rings is 2. The number of likely N-dealkylation sites (tertiary alicyclic amines) is 1. The summed E-state index contributed by atoms with van der Waals surface area (Å²) in [6.45, 7) is 0.827. The lowest BCUT2D eigenvalue weighted by atomic mass is 9.95. The van der Waals surface area contributed by atoms with Crippen LogP contribution in [0.5, 0.6) is 0 Å². The van der Waals surface area contributed by atoms with Crippen LogP contribution in [0.15, 0.2) is 48.5 Å². The van der Waals surface area contributed by atoms with Crippen molar-refractivity contribution >= 4 is 23.2 Å². The number of carbonyl (C=O) groups excluding carboxylic acids is 2. The molecular weight excluding hydrogens is 353 g/mol. The van der Waals surface area contributed by atoms with E-state index in [1.54, 1.807) is 11.0 Å². The van der Waals surface area contributed by atoms with Crippen molar-refractivity contribution in [2.24, 2.45) is 5.92 Å². The molecule has 3 rings (SSSR count). The molecule has 8 heteroatoms. The van der Waals surface area contributed by atoms with Crippen LogP contribution in [0.3, 0.4) is 0 Å². The highest BCUT2D eigenvalue weighted by Gasteiger charge is 2.28. The standard InChI is InChI=1S/C19H18FN3O4/c20-15-2-1-3-16(12-15)21-18(24)13-8-10-22(11-9-13)19(25)14-4-6-17(7-5-14)23(26)27/h1-7,12-13H,8-11H2,(H,21,24). The zero-order chi connectivity index (χ0) is 19.4. The van der Waals surface area contributed by atoms with E-state index in [0.717, 1.165) is 0 Å². The number of nitro benzene ring substituents is 1. The Bertz CT molecular complexity index is 862. The van der Waals surface area contributed by atoms with E-state index in [-0.39, 0.29) is 23.4 Å². The summed E-state index contributed by atoms with van der Waals surface area (Å²) >= 11 is 0. The minimum absolute atomic E-state index is 0.0701. The number of anilines is 1. The number of carbonyl (C=O) groups is 2. The zero-order valence-corrected chi connectivity index (χ0v) is 14.4. The van der Waals surface area contributed by atoms with Crippen molar-refractivity contribution in [3.05, 3.63) is 70.0 Å². The predicted molar refractivity (Wildman–Crippen MR) is 96.8 cm³/mol. The molecule has 0 saturated carbocycles. The molecule has 2 aromatic carbocycles. The summed E-state index contributed by atoms with van der Waals surface area (Å²) in [6, 6.07) is 11.2. The van der Waals surface area contributed by atoms with E-state index < -0.39 is 10.7 Å². The van der Waals surface area contributed by atoms with E-state index in [2.05, 4.69) is 5.32 Å². The van der Waals surface area contributed by atoms with E-state index in [1.807, 2.05) is 0 Å². The molecule has 0 unspecified atom stereocenters. The van der Waals surface area contributed by atoms with Crippen molar-refractivity contribution in [3.8, 4) is 0 Å². The number of nitro groups is 1. The van der Waals surface area contributed by atoms with Gasteiger partial charge in [0.25, 0.3) is 11.6 Å². The summed E-state index contributed by atoms with van der Waals surface area (Å²) in [5.74, 6) is -1.08. The molecule has 0 atom stereocenters. The van der Waals surface area contributed by atoms with E-state index in [9.17, 15) is 24.1 Å². The Hall–Kier alpha value is -3.29.